The highest BCUT2D eigenvalue weighted by molar-refractivity contribution is 7.99. The Morgan fingerprint density at radius 2 is 2.03 bits per heavy atom. The highest BCUT2D eigenvalue weighted by Gasteiger charge is 2.38. The largest absolute Gasteiger partial charge is 0.465 e. The van der Waals surface area contributed by atoms with Crippen molar-refractivity contribution in [3.63, 3.8) is 0 Å². The molecule has 0 spiro atoms. The first-order valence-electron chi connectivity index (χ1n) is 10.8. The van der Waals surface area contributed by atoms with Gasteiger partial charge in [-0.1, -0.05) is 56.8 Å². The van der Waals surface area contributed by atoms with Crippen LogP contribution in [0, 0.1) is 0 Å². The molecule has 0 saturated carbocycles. The third kappa shape index (κ3) is 3.67. The summed E-state index contributed by atoms with van der Waals surface area (Å²) in [7, 11) is 0. The summed E-state index contributed by atoms with van der Waals surface area (Å²) in [6.45, 7) is 8.31. The van der Waals surface area contributed by atoms with E-state index in [4.69, 9.17) is 9.72 Å². The lowest BCUT2D eigenvalue weighted by molar-refractivity contribution is -0.143. The molecule has 4 rings (SSSR count). The molecule has 7 nitrogen and oxygen atoms in total. The van der Waals surface area contributed by atoms with E-state index in [1.807, 2.05) is 18.2 Å². The Morgan fingerprint density at radius 1 is 1.26 bits per heavy atom. The molecule has 3 aromatic rings. The van der Waals surface area contributed by atoms with E-state index in [9.17, 15) is 9.59 Å². The Morgan fingerprint density at radius 3 is 2.74 bits per heavy atom. The zero-order chi connectivity index (χ0) is 22.2. The van der Waals surface area contributed by atoms with Crippen LogP contribution in [0.5, 0.6) is 0 Å². The Labute approximate surface area is 185 Å². The van der Waals surface area contributed by atoms with Crippen molar-refractivity contribution in [2.75, 3.05) is 12.4 Å². The first-order chi connectivity index (χ1) is 14.9. The highest BCUT2D eigenvalue weighted by atomic mass is 32.2. The van der Waals surface area contributed by atoms with E-state index in [2.05, 4.69) is 31.9 Å². The fraction of sp³-hybridized carbons (Fsp3) is 0.478. The Kier molecular flexibility index (Phi) is 5.92. The van der Waals surface area contributed by atoms with E-state index in [0.717, 1.165) is 36.1 Å². The molecule has 2 aromatic heterocycles. The van der Waals surface area contributed by atoms with Crippen LogP contribution in [0.1, 0.15) is 51.7 Å². The summed E-state index contributed by atoms with van der Waals surface area (Å²) in [5.41, 5.74) is 3.20. The molecule has 0 amide bonds. The Balaban J connectivity index is 2.02. The van der Waals surface area contributed by atoms with Crippen LogP contribution in [-0.4, -0.2) is 37.5 Å². The van der Waals surface area contributed by atoms with Crippen molar-refractivity contribution >= 4 is 23.5 Å². The predicted molar refractivity (Wildman–Crippen MR) is 122 cm³/mol. The number of nitrogens with zero attached hydrogens (tertiary/aromatic N) is 4. The molecule has 0 N–H and O–H groups in total. The molecule has 0 aliphatic heterocycles. The molecular formula is C23H28N4O3S. The summed E-state index contributed by atoms with van der Waals surface area (Å²) >= 11 is 1.51. The SMILES string of the molecule is CCCSc1nn(CC(=O)OCC)c2nc3c(c(=O)n12)[C@@](C)(CC)Cc1ccccc1-3. The Hall–Kier alpha value is -2.61. The van der Waals surface area contributed by atoms with Gasteiger partial charge in [-0.05, 0) is 31.7 Å². The normalized spacial score (nSPS) is 17.4. The number of hydrogen-bond acceptors (Lipinski definition) is 6. The standard InChI is InChI=1S/C23H28N4O3S/c1-5-12-31-22-25-26(14-17(28)30-7-3)21-24-19-16-11-9-8-10-15(16)13-23(4,6-2)18(19)20(29)27(21)22/h8-11H,5-7,12-14H2,1-4H3/t23-/m0/s1. The minimum absolute atomic E-state index is 0.0814. The van der Waals surface area contributed by atoms with E-state index in [1.165, 1.54) is 22.0 Å². The van der Waals surface area contributed by atoms with Gasteiger partial charge >= 0.3 is 5.97 Å². The fourth-order valence-corrected chi connectivity index (χ4v) is 5.06. The molecule has 1 aliphatic rings. The number of esters is 1. The Bertz CT molecular complexity index is 1200. The number of carbonyl (C=O) groups is 1. The van der Waals surface area contributed by atoms with Crippen LogP contribution in [0.2, 0.25) is 0 Å². The minimum Gasteiger partial charge on any atom is -0.465 e. The van der Waals surface area contributed by atoms with Crippen molar-refractivity contribution in [3.05, 3.63) is 45.7 Å². The lowest BCUT2D eigenvalue weighted by atomic mass is 9.69. The van der Waals surface area contributed by atoms with Crippen molar-refractivity contribution in [2.45, 2.75) is 64.1 Å². The van der Waals surface area contributed by atoms with Crippen molar-refractivity contribution in [1.29, 1.82) is 0 Å². The van der Waals surface area contributed by atoms with Gasteiger partial charge in [0.2, 0.25) is 5.78 Å². The van der Waals surface area contributed by atoms with Gasteiger partial charge in [-0.2, -0.15) is 0 Å². The van der Waals surface area contributed by atoms with Gasteiger partial charge in [0.15, 0.2) is 5.16 Å². The number of rotatable bonds is 7. The third-order valence-corrected chi connectivity index (χ3v) is 7.09. The highest BCUT2D eigenvalue weighted by Crippen LogP contribution is 2.42. The van der Waals surface area contributed by atoms with E-state index in [-0.39, 0.29) is 17.5 Å². The summed E-state index contributed by atoms with van der Waals surface area (Å²) in [4.78, 5) is 31.0. The average Bonchev–Trinajstić information content (AvgIpc) is 3.09. The van der Waals surface area contributed by atoms with Crippen molar-refractivity contribution in [1.82, 2.24) is 19.2 Å². The van der Waals surface area contributed by atoms with Crippen LogP contribution in [0.4, 0.5) is 0 Å². The van der Waals surface area contributed by atoms with E-state index in [1.54, 1.807) is 11.3 Å². The quantitative estimate of drug-likeness (QED) is 0.410. The van der Waals surface area contributed by atoms with Crippen LogP contribution >= 0.6 is 11.8 Å². The van der Waals surface area contributed by atoms with E-state index >= 15 is 0 Å². The van der Waals surface area contributed by atoms with Gasteiger partial charge in [0.1, 0.15) is 6.54 Å². The van der Waals surface area contributed by atoms with Crippen LogP contribution < -0.4 is 5.56 Å². The van der Waals surface area contributed by atoms with Gasteiger partial charge < -0.3 is 4.74 Å². The zero-order valence-corrected chi connectivity index (χ0v) is 19.3. The van der Waals surface area contributed by atoms with Crippen LogP contribution in [0.25, 0.3) is 17.0 Å². The molecule has 0 radical (unpaired) electrons. The van der Waals surface area contributed by atoms with Gasteiger partial charge in [0.05, 0.1) is 17.9 Å². The number of fused-ring (bicyclic) bond motifs is 4. The number of carbonyl (C=O) groups excluding carboxylic acids is 1. The number of ether oxygens (including phenoxy) is 1. The molecule has 1 atom stereocenters. The minimum atomic E-state index is -0.398. The second-order valence-corrected chi connectivity index (χ2v) is 9.18. The number of thioether (sulfide) groups is 1. The topological polar surface area (TPSA) is 78.5 Å². The first kappa shape index (κ1) is 21.6. The lowest BCUT2D eigenvalue weighted by Gasteiger charge is -2.35. The zero-order valence-electron chi connectivity index (χ0n) is 18.5. The number of hydrogen-bond donors (Lipinski definition) is 0. The third-order valence-electron chi connectivity index (χ3n) is 5.95. The maximum Gasteiger partial charge on any atom is 0.327 e. The molecular weight excluding hydrogens is 412 g/mol. The van der Waals surface area contributed by atoms with Gasteiger partial charge in [-0.15, -0.1) is 5.10 Å². The molecule has 31 heavy (non-hydrogen) atoms. The van der Waals surface area contributed by atoms with Crippen LogP contribution in [-0.2, 0) is 27.9 Å². The van der Waals surface area contributed by atoms with E-state index < -0.39 is 5.97 Å². The first-order valence-corrected chi connectivity index (χ1v) is 11.8. The molecule has 1 aromatic carbocycles. The fourth-order valence-electron chi connectivity index (χ4n) is 4.22. The van der Waals surface area contributed by atoms with Gasteiger partial charge in [-0.25, -0.2) is 14.1 Å². The second-order valence-electron chi connectivity index (χ2n) is 8.12. The summed E-state index contributed by atoms with van der Waals surface area (Å²) in [6.07, 6.45) is 2.57. The smallest absolute Gasteiger partial charge is 0.327 e. The lowest BCUT2D eigenvalue weighted by Crippen LogP contribution is -2.38. The molecule has 0 fully saturated rings. The predicted octanol–water partition coefficient (Wildman–Crippen LogP) is 3.85. The summed E-state index contributed by atoms with van der Waals surface area (Å²) in [6, 6.07) is 8.12. The molecule has 1 aliphatic carbocycles. The van der Waals surface area contributed by atoms with Crippen molar-refractivity contribution in [2.24, 2.45) is 0 Å². The summed E-state index contributed by atoms with van der Waals surface area (Å²) < 4.78 is 8.19. The van der Waals surface area contributed by atoms with Crippen LogP contribution in [0.3, 0.4) is 0 Å². The maximum absolute atomic E-state index is 13.9. The molecule has 0 unspecified atom stereocenters. The second kappa shape index (κ2) is 8.49. The van der Waals surface area contributed by atoms with E-state index in [0.29, 0.717) is 23.2 Å². The van der Waals surface area contributed by atoms with Gasteiger partial charge in [0, 0.05) is 16.7 Å². The monoisotopic (exact) mass is 440 g/mol. The number of aromatic nitrogens is 4. The molecule has 2 heterocycles. The molecule has 0 bridgehead atoms. The van der Waals surface area contributed by atoms with Crippen molar-refractivity contribution < 1.29 is 9.53 Å². The average molecular weight is 441 g/mol. The van der Waals surface area contributed by atoms with Crippen molar-refractivity contribution in [3.8, 4) is 11.3 Å². The summed E-state index contributed by atoms with van der Waals surface area (Å²) in [5, 5.41) is 5.16. The molecule has 8 heteroatoms. The van der Waals surface area contributed by atoms with Gasteiger partial charge in [-0.3, -0.25) is 9.59 Å². The summed E-state index contributed by atoms with van der Waals surface area (Å²) in [5.74, 6) is 0.805. The van der Waals surface area contributed by atoms with Gasteiger partial charge in [0.25, 0.3) is 5.56 Å². The maximum atomic E-state index is 13.9. The molecule has 0 saturated heterocycles. The van der Waals surface area contributed by atoms with Crippen LogP contribution in [0.15, 0.2) is 34.2 Å². The number of benzene rings is 1. The molecule has 164 valence electrons.